The fourth-order valence-electron chi connectivity index (χ4n) is 2.58. The molecule has 5 heteroatoms. The summed E-state index contributed by atoms with van der Waals surface area (Å²) >= 11 is 0. The summed E-state index contributed by atoms with van der Waals surface area (Å²) in [6.07, 6.45) is 1.93. The van der Waals surface area contributed by atoms with Gasteiger partial charge in [0, 0.05) is 23.7 Å². The summed E-state index contributed by atoms with van der Waals surface area (Å²) in [5, 5.41) is 15.6. The molecule has 0 aliphatic heterocycles. The third-order valence-electron chi connectivity index (χ3n) is 4.44. The van der Waals surface area contributed by atoms with E-state index in [0.717, 1.165) is 30.0 Å². The van der Waals surface area contributed by atoms with Crippen LogP contribution < -0.4 is 15.4 Å². The first-order valence-electron chi connectivity index (χ1n) is 8.05. The minimum Gasteiger partial charge on any atom is -0.497 e. The summed E-state index contributed by atoms with van der Waals surface area (Å²) in [6, 6.07) is 14.9. The van der Waals surface area contributed by atoms with Gasteiger partial charge < -0.3 is 20.5 Å². The van der Waals surface area contributed by atoms with Gasteiger partial charge in [-0.1, -0.05) is 18.2 Å². The van der Waals surface area contributed by atoms with Gasteiger partial charge in [-0.15, -0.1) is 0 Å². The van der Waals surface area contributed by atoms with Gasteiger partial charge in [0.25, 0.3) is 5.91 Å². The van der Waals surface area contributed by atoms with Crippen LogP contribution >= 0.6 is 0 Å². The third kappa shape index (κ3) is 3.68. The normalized spacial score (nSPS) is 14.8. The van der Waals surface area contributed by atoms with Crippen molar-refractivity contribution in [3.05, 3.63) is 54.1 Å². The number of aliphatic hydroxyl groups excluding tert-OH is 1. The second-order valence-corrected chi connectivity index (χ2v) is 6.24. The largest absolute Gasteiger partial charge is 0.497 e. The molecule has 0 saturated heterocycles. The van der Waals surface area contributed by atoms with Crippen molar-refractivity contribution in [2.75, 3.05) is 25.6 Å². The van der Waals surface area contributed by atoms with Gasteiger partial charge in [0.05, 0.1) is 25.0 Å². The molecule has 24 heavy (non-hydrogen) atoms. The van der Waals surface area contributed by atoms with Crippen LogP contribution in [0.2, 0.25) is 0 Å². The lowest BCUT2D eigenvalue weighted by Crippen LogP contribution is -2.32. The molecule has 0 atom stereocenters. The molecule has 126 valence electrons. The molecule has 1 saturated carbocycles. The van der Waals surface area contributed by atoms with Crippen LogP contribution in [-0.2, 0) is 0 Å². The molecule has 1 aliphatic carbocycles. The Bertz CT molecular complexity index is 726. The van der Waals surface area contributed by atoms with Crippen molar-refractivity contribution in [3.63, 3.8) is 0 Å². The fourth-order valence-corrected chi connectivity index (χ4v) is 2.58. The molecule has 1 fully saturated rings. The van der Waals surface area contributed by atoms with Gasteiger partial charge in [-0.2, -0.15) is 0 Å². The number of methoxy groups -OCH3 is 1. The number of aliphatic hydroxyl groups is 1. The quantitative estimate of drug-likeness (QED) is 0.731. The van der Waals surface area contributed by atoms with Crippen LogP contribution in [-0.4, -0.2) is 31.3 Å². The van der Waals surface area contributed by atoms with Crippen LogP contribution in [0.4, 0.5) is 11.4 Å². The second-order valence-electron chi connectivity index (χ2n) is 6.24. The van der Waals surface area contributed by atoms with Crippen molar-refractivity contribution in [2.24, 2.45) is 5.41 Å². The van der Waals surface area contributed by atoms with Gasteiger partial charge >= 0.3 is 0 Å². The summed E-state index contributed by atoms with van der Waals surface area (Å²) in [4.78, 5) is 12.5. The number of ether oxygens (including phenoxy) is 1. The molecule has 3 rings (SSSR count). The van der Waals surface area contributed by atoms with Crippen LogP contribution in [0.1, 0.15) is 23.2 Å². The summed E-state index contributed by atoms with van der Waals surface area (Å²) in [6.45, 7) is 0.632. The summed E-state index contributed by atoms with van der Waals surface area (Å²) < 4.78 is 5.22. The Kier molecular flexibility index (Phi) is 4.71. The summed E-state index contributed by atoms with van der Waals surface area (Å²) in [5.74, 6) is 0.612. The molecule has 2 aromatic carbocycles. The third-order valence-corrected chi connectivity index (χ3v) is 4.44. The lowest BCUT2D eigenvalue weighted by Gasteiger charge is -2.15. The number of benzene rings is 2. The van der Waals surface area contributed by atoms with Crippen LogP contribution in [0, 0.1) is 5.41 Å². The molecule has 5 nitrogen and oxygen atoms in total. The minimum absolute atomic E-state index is 0.106. The number of anilines is 2. The molecule has 0 spiro atoms. The van der Waals surface area contributed by atoms with Gasteiger partial charge in [-0.3, -0.25) is 4.79 Å². The highest BCUT2D eigenvalue weighted by Gasteiger charge is 2.42. The Labute approximate surface area is 141 Å². The van der Waals surface area contributed by atoms with E-state index in [1.54, 1.807) is 13.2 Å². The Balaban J connectivity index is 1.73. The number of carbonyl (C=O) groups is 1. The van der Waals surface area contributed by atoms with Crippen molar-refractivity contribution in [1.29, 1.82) is 0 Å². The zero-order valence-electron chi connectivity index (χ0n) is 13.7. The highest BCUT2D eigenvalue weighted by Crippen LogP contribution is 2.44. The first kappa shape index (κ1) is 16.3. The molecule has 1 amide bonds. The average molecular weight is 326 g/mol. The van der Waals surface area contributed by atoms with E-state index in [9.17, 15) is 9.90 Å². The smallest absolute Gasteiger partial charge is 0.253 e. The minimum atomic E-state index is -0.138. The molecule has 0 heterocycles. The van der Waals surface area contributed by atoms with Crippen LogP contribution in [0.3, 0.4) is 0 Å². The summed E-state index contributed by atoms with van der Waals surface area (Å²) in [7, 11) is 1.62. The molecule has 0 aromatic heterocycles. The van der Waals surface area contributed by atoms with Gasteiger partial charge in [-0.25, -0.2) is 0 Å². The molecular weight excluding hydrogens is 304 g/mol. The predicted molar refractivity (Wildman–Crippen MR) is 93.8 cm³/mol. The molecule has 1 aliphatic rings. The maximum atomic E-state index is 12.5. The van der Waals surface area contributed by atoms with Crippen molar-refractivity contribution in [3.8, 4) is 5.75 Å². The first-order chi connectivity index (χ1) is 11.7. The Morgan fingerprint density at radius 2 is 2.00 bits per heavy atom. The predicted octanol–water partition coefficient (Wildman–Crippen LogP) is 2.94. The number of carbonyl (C=O) groups excluding carboxylic acids is 1. The fraction of sp³-hybridized carbons (Fsp3) is 0.316. The topological polar surface area (TPSA) is 70.6 Å². The van der Waals surface area contributed by atoms with Crippen LogP contribution in [0.15, 0.2) is 48.5 Å². The standard InChI is InChI=1S/C19H22N2O3/c1-24-15-6-4-5-14(11-15)21-17-8-3-2-7-16(17)18(23)20-12-19(13-22)9-10-19/h2-8,11,21-22H,9-10,12-13H2,1H3,(H,20,23). The van der Waals surface area contributed by atoms with Crippen molar-refractivity contribution in [2.45, 2.75) is 12.8 Å². The Morgan fingerprint density at radius 3 is 2.71 bits per heavy atom. The van der Waals surface area contributed by atoms with E-state index in [2.05, 4.69) is 10.6 Å². The molecule has 3 N–H and O–H groups in total. The average Bonchev–Trinajstić information content (AvgIpc) is 3.41. The molecular formula is C19H22N2O3. The highest BCUT2D eigenvalue weighted by atomic mass is 16.5. The number of nitrogens with one attached hydrogen (secondary N) is 2. The van der Waals surface area contributed by atoms with E-state index in [-0.39, 0.29) is 17.9 Å². The van der Waals surface area contributed by atoms with E-state index < -0.39 is 0 Å². The molecule has 0 bridgehead atoms. The Morgan fingerprint density at radius 1 is 1.21 bits per heavy atom. The maximum absolute atomic E-state index is 12.5. The van der Waals surface area contributed by atoms with Gasteiger partial charge in [0.1, 0.15) is 5.75 Å². The maximum Gasteiger partial charge on any atom is 0.253 e. The SMILES string of the molecule is COc1cccc(Nc2ccccc2C(=O)NCC2(CO)CC2)c1. The van der Waals surface area contributed by atoms with Gasteiger partial charge in [0.2, 0.25) is 0 Å². The summed E-state index contributed by atoms with van der Waals surface area (Å²) in [5.41, 5.74) is 2.06. The van der Waals surface area contributed by atoms with E-state index >= 15 is 0 Å². The lowest BCUT2D eigenvalue weighted by atomic mass is 10.1. The molecule has 0 unspecified atom stereocenters. The van der Waals surface area contributed by atoms with E-state index in [4.69, 9.17) is 4.74 Å². The van der Waals surface area contributed by atoms with Crippen LogP contribution in [0.5, 0.6) is 5.75 Å². The van der Waals surface area contributed by atoms with Crippen molar-refractivity contribution >= 4 is 17.3 Å². The highest BCUT2D eigenvalue weighted by molar-refractivity contribution is 6.00. The van der Waals surface area contributed by atoms with Gasteiger partial charge in [0.15, 0.2) is 0 Å². The second kappa shape index (κ2) is 6.93. The lowest BCUT2D eigenvalue weighted by molar-refractivity contribution is 0.0936. The number of rotatable bonds is 7. The van der Waals surface area contributed by atoms with E-state index in [0.29, 0.717) is 12.1 Å². The molecule has 0 radical (unpaired) electrons. The van der Waals surface area contributed by atoms with Gasteiger partial charge in [-0.05, 0) is 37.1 Å². The molecule has 2 aromatic rings. The zero-order valence-corrected chi connectivity index (χ0v) is 13.7. The van der Waals surface area contributed by atoms with Crippen molar-refractivity contribution in [1.82, 2.24) is 5.32 Å². The first-order valence-corrected chi connectivity index (χ1v) is 8.05. The van der Waals surface area contributed by atoms with E-state index in [1.807, 2.05) is 42.5 Å². The number of amides is 1. The van der Waals surface area contributed by atoms with Crippen LogP contribution in [0.25, 0.3) is 0 Å². The van der Waals surface area contributed by atoms with Crippen molar-refractivity contribution < 1.29 is 14.6 Å². The monoisotopic (exact) mass is 326 g/mol. The number of para-hydroxylation sites is 1. The number of hydrogen-bond donors (Lipinski definition) is 3. The zero-order chi connectivity index (χ0) is 17.0. The Hall–Kier alpha value is -2.53. The number of hydrogen-bond acceptors (Lipinski definition) is 4. The van der Waals surface area contributed by atoms with E-state index in [1.165, 1.54) is 0 Å².